The zero-order chi connectivity index (χ0) is 22.3. The number of carbonyl (C=O) groups is 1. The van der Waals surface area contributed by atoms with Gasteiger partial charge in [0.2, 0.25) is 5.88 Å². The zero-order valence-corrected chi connectivity index (χ0v) is 20.9. The summed E-state index contributed by atoms with van der Waals surface area (Å²) in [5, 5.41) is 22.2. The van der Waals surface area contributed by atoms with Gasteiger partial charge < -0.3 is 20.5 Å². The van der Waals surface area contributed by atoms with Gasteiger partial charge in [0.05, 0.1) is 18.4 Å². The highest BCUT2D eigenvalue weighted by atomic mass is 35.5. The number of aliphatic hydroxyl groups is 1. The number of aromatic nitrogens is 2. The van der Waals surface area contributed by atoms with Crippen molar-refractivity contribution in [1.29, 1.82) is 0 Å². The van der Waals surface area contributed by atoms with Crippen LogP contribution in [-0.2, 0) is 6.54 Å². The van der Waals surface area contributed by atoms with Crippen LogP contribution >= 0.6 is 12.4 Å². The van der Waals surface area contributed by atoms with E-state index in [4.69, 9.17) is 4.74 Å². The number of amides is 1. The molecule has 1 aromatic heterocycles. The molecule has 0 spiro atoms. The van der Waals surface area contributed by atoms with E-state index in [0.717, 1.165) is 58.2 Å². The van der Waals surface area contributed by atoms with Crippen LogP contribution in [0.25, 0.3) is 0 Å². The molecule has 186 valence electrons. The predicted molar refractivity (Wildman–Crippen MR) is 130 cm³/mol. The minimum atomic E-state index is -0.483. The molecule has 4 bridgehead atoms. The third-order valence-corrected chi connectivity index (χ3v) is 8.34. The number of ether oxygens (including phenoxy) is 1. The van der Waals surface area contributed by atoms with Crippen molar-refractivity contribution in [1.82, 2.24) is 20.4 Å². The first kappa shape index (κ1) is 24.8. The molecule has 5 fully saturated rings. The Kier molecular flexibility index (Phi) is 7.61. The van der Waals surface area contributed by atoms with E-state index in [2.05, 4.69) is 29.6 Å². The van der Waals surface area contributed by atoms with Gasteiger partial charge in [0.15, 0.2) is 0 Å². The van der Waals surface area contributed by atoms with E-state index in [1.165, 1.54) is 12.8 Å². The third-order valence-electron chi connectivity index (χ3n) is 8.34. The fraction of sp³-hybridized carbons (Fsp3) is 0.840. The van der Waals surface area contributed by atoms with Crippen LogP contribution in [0.3, 0.4) is 0 Å². The number of carbonyl (C=O) groups excluding carboxylic acids is 1. The largest absolute Gasteiger partial charge is 0.477 e. The molecule has 1 saturated heterocycles. The Morgan fingerprint density at radius 3 is 2.61 bits per heavy atom. The Bertz CT molecular complexity index is 807. The molecular weight excluding hydrogens is 440 g/mol. The van der Waals surface area contributed by atoms with Gasteiger partial charge in [-0.25, -0.2) is 4.68 Å². The molecule has 6 rings (SSSR count). The summed E-state index contributed by atoms with van der Waals surface area (Å²) in [4.78, 5) is 13.4. The number of nitrogens with zero attached hydrogens (tertiary/aromatic N) is 2. The van der Waals surface area contributed by atoms with Gasteiger partial charge in [0.25, 0.3) is 5.91 Å². The number of aryl methyl sites for hydroxylation is 1. The Morgan fingerprint density at radius 1 is 1.27 bits per heavy atom. The normalized spacial score (nSPS) is 33.2. The first-order valence-corrected chi connectivity index (χ1v) is 12.8. The molecule has 2 unspecified atom stereocenters. The van der Waals surface area contributed by atoms with Crippen molar-refractivity contribution in [2.75, 3.05) is 19.7 Å². The summed E-state index contributed by atoms with van der Waals surface area (Å²) in [6.45, 7) is 7.78. The summed E-state index contributed by atoms with van der Waals surface area (Å²) >= 11 is 0. The van der Waals surface area contributed by atoms with Gasteiger partial charge in [-0.2, -0.15) is 5.10 Å². The van der Waals surface area contributed by atoms with E-state index in [1.54, 1.807) is 6.20 Å². The van der Waals surface area contributed by atoms with Gasteiger partial charge in [0, 0.05) is 12.6 Å². The van der Waals surface area contributed by atoms with Gasteiger partial charge in [-0.3, -0.25) is 4.79 Å². The van der Waals surface area contributed by atoms with Crippen LogP contribution in [0, 0.1) is 29.6 Å². The van der Waals surface area contributed by atoms with E-state index in [-0.39, 0.29) is 24.4 Å². The smallest absolute Gasteiger partial charge is 0.258 e. The van der Waals surface area contributed by atoms with Crippen molar-refractivity contribution in [2.45, 2.75) is 83.4 Å². The molecule has 0 aromatic carbocycles. The van der Waals surface area contributed by atoms with Gasteiger partial charge in [-0.15, -0.1) is 12.4 Å². The summed E-state index contributed by atoms with van der Waals surface area (Å²) < 4.78 is 8.04. The maximum Gasteiger partial charge on any atom is 0.258 e. The highest BCUT2D eigenvalue weighted by Gasteiger charge is 2.55. The maximum atomic E-state index is 13.4. The summed E-state index contributed by atoms with van der Waals surface area (Å²) in [6, 6.07) is 0.162. The van der Waals surface area contributed by atoms with Gasteiger partial charge in [-0.1, -0.05) is 13.8 Å². The number of hydrogen-bond acceptors (Lipinski definition) is 5. The van der Waals surface area contributed by atoms with Crippen LogP contribution < -0.4 is 15.4 Å². The van der Waals surface area contributed by atoms with Crippen molar-refractivity contribution in [3.63, 3.8) is 0 Å². The molecule has 1 amide bonds. The van der Waals surface area contributed by atoms with Crippen molar-refractivity contribution < 1.29 is 14.6 Å². The minimum Gasteiger partial charge on any atom is -0.477 e. The van der Waals surface area contributed by atoms with Crippen LogP contribution in [0.1, 0.15) is 75.6 Å². The second-order valence-corrected chi connectivity index (χ2v) is 11.5. The van der Waals surface area contributed by atoms with E-state index in [0.29, 0.717) is 47.6 Å². The maximum absolute atomic E-state index is 13.4. The number of halogens is 1. The Balaban J connectivity index is 0.00000259. The SMILES string of the molecule is CC(C)COc1c(C(=O)NC2C3CC4CC2CC(O)(C4)C3)cnn1CCC1CCNCC1.Cl. The molecule has 4 saturated carbocycles. The van der Waals surface area contributed by atoms with E-state index < -0.39 is 5.60 Å². The molecule has 2 atom stereocenters. The van der Waals surface area contributed by atoms with Crippen LogP contribution in [0.2, 0.25) is 0 Å². The Hall–Kier alpha value is -1.31. The van der Waals surface area contributed by atoms with Gasteiger partial charge in [-0.05, 0) is 94.0 Å². The lowest BCUT2D eigenvalue weighted by atomic mass is 9.52. The highest BCUT2D eigenvalue weighted by Crippen LogP contribution is 2.55. The van der Waals surface area contributed by atoms with Gasteiger partial charge >= 0.3 is 0 Å². The third kappa shape index (κ3) is 5.35. The van der Waals surface area contributed by atoms with Gasteiger partial charge in [0.1, 0.15) is 5.56 Å². The second kappa shape index (κ2) is 10.1. The lowest BCUT2D eigenvalue weighted by molar-refractivity contribution is -0.136. The molecule has 3 N–H and O–H groups in total. The quantitative estimate of drug-likeness (QED) is 0.530. The average Bonchev–Trinajstić information content (AvgIpc) is 3.15. The van der Waals surface area contributed by atoms with Crippen molar-refractivity contribution in [3.05, 3.63) is 11.8 Å². The average molecular weight is 481 g/mol. The van der Waals surface area contributed by atoms with Crippen molar-refractivity contribution in [2.24, 2.45) is 29.6 Å². The minimum absolute atomic E-state index is 0. The number of hydrogen-bond donors (Lipinski definition) is 3. The second-order valence-electron chi connectivity index (χ2n) is 11.5. The van der Waals surface area contributed by atoms with Crippen LogP contribution in [0.15, 0.2) is 6.20 Å². The summed E-state index contributed by atoms with van der Waals surface area (Å²) in [5.41, 5.74) is 0.0754. The van der Waals surface area contributed by atoms with Crippen molar-refractivity contribution in [3.8, 4) is 5.88 Å². The molecule has 7 nitrogen and oxygen atoms in total. The Labute approximate surface area is 203 Å². The molecule has 8 heteroatoms. The molecule has 1 aliphatic heterocycles. The molecule has 5 aliphatic rings. The van der Waals surface area contributed by atoms with E-state index in [1.807, 2.05) is 4.68 Å². The number of piperidine rings is 1. The zero-order valence-electron chi connectivity index (χ0n) is 20.1. The van der Waals surface area contributed by atoms with E-state index >= 15 is 0 Å². The summed E-state index contributed by atoms with van der Waals surface area (Å²) in [7, 11) is 0. The first-order chi connectivity index (χ1) is 15.4. The molecule has 2 heterocycles. The monoisotopic (exact) mass is 480 g/mol. The lowest BCUT2D eigenvalue weighted by Crippen LogP contribution is -2.61. The summed E-state index contributed by atoms with van der Waals surface area (Å²) in [6.07, 6.45) is 10.0. The fourth-order valence-corrected chi connectivity index (χ4v) is 7.01. The molecule has 0 radical (unpaired) electrons. The predicted octanol–water partition coefficient (Wildman–Crippen LogP) is 3.40. The Morgan fingerprint density at radius 2 is 1.97 bits per heavy atom. The summed E-state index contributed by atoms with van der Waals surface area (Å²) in [5.74, 6) is 3.05. The molecular formula is C25H41ClN4O3. The molecule has 4 aliphatic carbocycles. The van der Waals surface area contributed by atoms with E-state index in [9.17, 15) is 9.90 Å². The molecule has 1 aromatic rings. The van der Waals surface area contributed by atoms with Crippen LogP contribution in [0.5, 0.6) is 5.88 Å². The molecule has 33 heavy (non-hydrogen) atoms. The van der Waals surface area contributed by atoms with Crippen LogP contribution in [-0.4, -0.2) is 52.1 Å². The highest BCUT2D eigenvalue weighted by molar-refractivity contribution is 5.96. The lowest BCUT2D eigenvalue weighted by Gasteiger charge is -2.58. The van der Waals surface area contributed by atoms with Crippen molar-refractivity contribution >= 4 is 18.3 Å². The standard InChI is InChI=1S/C25H40N4O3.ClH/c1-16(2)15-32-24-21(14-27-29(24)8-5-17-3-6-26-7-4-17)23(30)28-22-19-9-18-10-20(22)13-25(31,11-18)12-19;/h14,16-20,22,26,31H,3-13,15H2,1-2H3,(H,28,30);1H. The van der Waals surface area contributed by atoms with Crippen LogP contribution in [0.4, 0.5) is 0 Å². The number of rotatable bonds is 8. The first-order valence-electron chi connectivity index (χ1n) is 12.8. The fourth-order valence-electron chi connectivity index (χ4n) is 7.01. The topological polar surface area (TPSA) is 88.4 Å². The number of nitrogens with one attached hydrogen (secondary N) is 2.